The van der Waals surface area contributed by atoms with E-state index in [1.807, 2.05) is 37.4 Å². The maximum Gasteiger partial charge on any atom is 0.241 e. The number of nitrogens with zero attached hydrogens (tertiary/aromatic N) is 1. The van der Waals surface area contributed by atoms with Crippen LogP contribution in [-0.2, 0) is 16.6 Å². The van der Waals surface area contributed by atoms with E-state index in [2.05, 4.69) is 9.71 Å². The number of hydrogen-bond acceptors (Lipinski definition) is 5. The minimum Gasteiger partial charge on any atom is -0.493 e. The Morgan fingerprint density at radius 2 is 1.92 bits per heavy atom. The summed E-state index contributed by atoms with van der Waals surface area (Å²) in [5.41, 5.74) is 0.719. The molecule has 3 aromatic rings. The van der Waals surface area contributed by atoms with E-state index >= 15 is 0 Å². The monoisotopic (exact) mass is 362 g/mol. The van der Waals surface area contributed by atoms with Crippen LogP contribution >= 0.6 is 11.3 Å². The molecule has 7 heteroatoms. The van der Waals surface area contributed by atoms with Gasteiger partial charge in [0.25, 0.3) is 0 Å². The Balaban J connectivity index is 1.97. The van der Waals surface area contributed by atoms with Crippen molar-refractivity contribution in [3.8, 4) is 5.75 Å². The van der Waals surface area contributed by atoms with Crippen LogP contribution in [0.5, 0.6) is 5.75 Å². The van der Waals surface area contributed by atoms with E-state index in [1.165, 1.54) is 11.3 Å². The lowest BCUT2D eigenvalue weighted by atomic mass is 10.1. The third kappa shape index (κ3) is 3.43. The Bertz CT molecular complexity index is 965. The van der Waals surface area contributed by atoms with Crippen molar-refractivity contribution in [1.82, 2.24) is 9.71 Å². The molecule has 0 aliphatic heterocycles. The van der Waals surface area contributed by atoms with Crippen LogP contribution in [0.1, 0.15) is 17.6 Å². The Labute approximate surface area is 145 Å². The number of thiazole rings is 1. The van der Waals surface area contributed by atoms with Crippen molar-refractivity contribution in [3.05, 3.63) is 52.5 Å². The Morgan fingerprint density at radius 3 is 2.58 bits per heavy atom. The molecule has 3 rings (SSSR count). The van der Waals surface area contributed by atoms with Crippen LogP contribution in [0, 0.1) is 6.92 Å². The van der Waals surface area contributed by atoms with Crippen LogP contribution in [0.3, 0.4) is 0 Å². The second kappa shape index (κ2) is 6.88. The number of ether oxygens (including phenoxy) is 1. The second-order valence-electron chi connectivity index (χ2n) is 5.22. The SMILES string of the molecule is CCOc1ccc(S(=O)(=O)NCc2csc(C)n2)c2ccccc12. The van der Waals surface area contributed by atoms with E-state index in [4.69, 9.17) is 4.74 Å². The van der Waals surface area contributed by atoms with E-state index in [0.29, 0.717) is 17.7 Å². The zero-order chi connectivity index (χ0) is 17.2. The van der Waals surface area contributed by atoms with Gasteiger partial charge >= 0.3 is 0 Å². The highest BCUT2D eigenvalue weighted by Gasteiger charge is 2.19. The van der Waals surface area contributed by atoms with Crippen molar-refractivity contribution in [2.75, 3.05) is 6.61 Å². The molecule has 0 spiro atoms. The van der Waals surface area contributed by atoms with E-state index < -0.39 is 10.0 Å². The number of hydrogen-bond donors (Lipinski definition) is 1. The first-order valence-corrected chi connectivity index (χ1v) is 9.93. The molecule has 1 aromatic heterocycles. The van der Waals surface area contributed by atoms with Crippen LogP contribution < -0.4 is 9.46 Å². The summed E-state index contributed by atoms with van der Waals surface area (Å²) in [6.45, 7) is 4.49. The molecule has 5 nitrogen and oxygen atoms in total. The van der Waals surface area contributed by atoms with Gasteiger partial charge in [-0.05, 0) is 26.0 Å². The van der Waals surface area contributed by atoms with Crippen LogP contribution in [0.25, 0.3) is 10.8 Å². The summed E-state index contributed by atoms with van der Waals surface area (Å²) in [6, 6.07) is 10.6. The van der Waals surface area contributed by atoms with Crippen LogP contribution in [-0.4, -0.2) is 20.0 Å². The van der Waals surface area contributed by atoms with Crippen LogP contribution in [0.2, 0.25) is 0 Å². The fourth-order valence-electron chi connectivity index (χ4n) is 2.50. The fraction of sp³-hybridized carbons (Fsp3) is 0.235. The number of fused-ring (bicyclic) bond motifs is 1. The highest BCUT2D eigenvalue weighted by molar-refractivity contribution is 7.89. The van der Waals surface area contributed by atoms with Gasteiger partial charge in [0.1, 0.15) is 5.75 Å². The Hall–Kier alpha value is -1.96. The quantitative estimate of drug-likeness (QED) is 0.729. The lowest BCUT2D eigenvalue weighted by molar-refractivity contribution is 0.344. The lowest BCUT2D eigenvalue weighted by Crippen LogP contribution is -2.23. The van der Waals surface area contributed by atoms with Crippen molar-refractivity contribution >= 4 is 32.1 Å². The standard InChI is InChI=1S/C17H18N2O3S2/c1-3-22-16-8-9-17(15-7-5-4-6-14(15)16)24(20,21)18-10-13-11-23-12(2)19-13/h4-9,11,18H,3,10H2,1-2H3. The highest BCUT2D eigenvalue weighted by Crippen LogP contribution is 2.31. The molecule has 0 fully saturated rings. The number of aromatic nitrogens is 1. The molecular weight excluding hydrogens is 344 g/mol. The van der Waals surface area contributed by atoms with Gasteiger partial charge in [0.05, 0.1) is 28.7 Å². The summed E-state index contributed by atoms with van der Waals surface area (Å²) in [5.74, 6) is 0.683. The zero-order valence-electron chi connectivity index (χ0n) is 13.4. The van der Waals surface area contributed by atoms with E-state index in [0.717, 1.165) is 16.1 Å². The van der Waals surface area contributed by atoms with Gasteiger partial charge in [0.2, 0.25) is 10.0 Å². The summed E-state index contributed by atoms with van der Waals surface area (Å²) < 4.78 is 33.7. The van der Waals surface area contributed by atoms with Gasteiger partial charge in [-0.15, -0.1) is 11.3 Å². The zero-order valence-corrected chi connectivity index (χ0v) is 15.1. The number of rotatable bonds is 6. The molecule has 0 bridgehead atoms. The van der Waals surface area contributed by atoms with Gasteiger partial charge < -0.3 is 4.74 Å². The average Bonchev–Trinajstić information content (AvgIpc) is 2.99. The maximum atomic E-state index is 12.7. The minimum absolute atomic E-state index is 0.175. The fourth-order valence-corrected chi connectivity index (χ4v) is 4.32. The molecule has 0 aliphatic carbocycles. The average molecular weight is 362 g/mol. The molecular formula is C17H18N2O3S2. The second-order valence-corrected chi connectivity index (χ2v) is 8.02. The lowest BCUT2D eigenvalue weighted by Gasteiger charge is -2.12. The molecule has 2 aromatic carbocycles. The van der Waals surface area contributed by atoms with Gasteiger partial charge in [-0.25, -0.2) is 18.1 Å². The normalized spacial score (nSPS) is 11.8. The van der Waals surface area contributed by atoms with Crippen molar-refractivity contribution in [2.45, 2.75) is 25.3 Å². The molecule has 0 saturated carbocycles. The number of aryl methyl sites for hydroxylation is 1. The molecule has 0 unspecified atom stereocenters. The largest absolute Gasteiger partial charge is 0.493 e. The van der Waals surface area contributed by atoms with E-state index in [9.17, 15) is 8.42 Å². The molecule has 24 heavy (non-hydrogen) atoms. The predicted molar refractivity (Wildman–Crippen MR) is 96.0 cm³/mol. The topological polar surface area (TPSA) is 68.3 Å². The smallest absolute Gasteiger partial charge is 0.241 e. The molecule has 1 heterocycles. The third-order valence-corrected chi connectivity index (χ3v) is 5.83. The van der Waals surface area contributed by atoms with E-state index in [1.54, 1.807) is 18.2 Å². The number of nitrogens with one attached hydrogen (secondary N) is 1. The van der Waals surface area contributed by atoms with Crippen LogP contribution in [0.4, 0.5) is 0 Å². The van der Waals surface area contributed by atoms with Crippen molar-refractivity contribution in [1.29, 1.82) is 0 Å². The first-order valence-electron chi connectivity index (χ1n) is 7.56. The molecule has 126 valence electrons. The predicted octanol–water partition coefficient (Wildman–Crippen LogP) is 3.48. The molecule has 0 saturated heterocycles. The van der Waals surface area contributed by atoms with Gasteiger partial charge in [-0.3, -0.25) is 0 Å². The number of sulfonamides is 1. The summed E-state index contributed by atoms with van der Waals surface area (Å²) in [5, 5.41) is 4.20. The van der Waals surface area contributed by atoms with Gasteiger partial charge in [0.15, 0.2) is 0 Å². The summed E-state index contributed by atoms with van der Waals surface area (Å²) in [7, 11) is -3.65. The summed E-state index contributed by atoms with van der Waals surface area (Å²) >= 11 is 1.50. The van der Waals surface area contributed by atoms with Gasteiger partial charge in [-0.2, -0.15) is 0 Å². The van der Waals surface area contributed by atoms with Crippen LogP contribution in [0.15, 0.2) is 46.7 Å². The Kier molecular flexibility index (Phi) is 4.84. The minimum atomic E-state index is -3.65. The molecule has 0 amide bonds. The Morgan fingerprint density at radius 1 is 1.17 bits per heavy atom. The highest BCUT2D eigenvalue weighted by atomic mass is 32.2. The first-order chi connectivity index (χ1) is 11.5. The summed E-state index contributed by atoms with van der Waals surface area (Å²) in [4.78, 5) is 4.52. The molecule has 1 N–H and O–H groups in total. The van der Waals surface area contributed by atoms with Gasteiger partial charge in [-0.1, -0.05) is 24.3 Å². The number of benzene rings is 2. The molecule has 0 aliphatic rings. The van der Waals surface area contributed by atoms with E-state index in [-0.39, 0.29) is 11.4 Å². The third-order valence-electron chi connectivity index (χ3n) is 3.54. The van der Waals surface area contributed by atoms with Gasteiger partial charge in [0, 0.05) is 16.2 Å². The van der Waals surface area contributed by atoms with Crippen molar-refractivity contribution in [2.24, 2.45) is 0 Å². The van der Waals surface area contributed by atoms with Crippen molar-refractivity contribution in [3.63, 3.8) is 0 Å². The summed E-state index contributed by atoms with van der Waals surface area (Å²) in [6.07, 6.45) is 0. The molecule has 0 atom stereocenters. The first kappa shape index (κ1) is 16.9. The maximum absolute atomic E-state index is 12.7. The molecule has 0 radical (unpaired) electrons. The van der Waals surface area contributed by atoms with Crippen molar-refractivity contribution < 1.29 is 13.2 Å².